The lowest BCUT2D eigenvalue weighted by Crippen LogP contribution is -2.20. The normalized spacial score (nSPS) is 12.4. The Hall–Kier alpha value is -3.81. The van der Waals surface area contributed by atoms with Gasteiger partial charge in [-0.25, -0.2) is 4.68 Å². The molecule has 0 unspecified atom stereocenters. The maximum atomic E-state index is 13.2. The standard InChI is InChI=1S/C23H24N4O4/c1-13-7-9-14(10-8-13)27-18-6-4-5-15(18)21(26-27)23(29)25-17-12-20(31-3)19(30-2)11-16(17)22(24)28/h7-12H,4-6H2,1-3H3,(H2,24,28)(H,25,29). The molecule has 1 aromatic heterocycles. The minimum absolute atomic E-state index is 0.126. The van der Waals surface area contributed by atoms with E-state index in [1.807, 2.05) is 35.9 Å². The van der Waals surface area contributed by atoms with Crippen LogP contribution < -0.4 is 20.5 Å². The van der Waals surface area contributed by atoms with Gasteiger partial charge in [0.1, 0.15) is 0 Å². The highest BCUT2D eigenvalue weighted by Gasteiger charge is 2.28. The summed E-state index contributed by atoms with van der Waals surface area (Å²) in [5.41, 5.74) is 10.3. The van der Waals surface area contributed by atoms with E-state index in [1.165, 1.54) is 26.4 Å². The summed E-state index contributed by atoms with van der Waals surface area (Å²) in [6, 6.07) is 11.0. The highest BCUT2D eigenvalue weighted by atomic mass is 16.5. The molecule has 2 aromatic carbocycles. The fourth-order valence-electron chi connectivity index (χ4n) is 3.89. The molecule has 31 heavy (non-hydrogen) atoms. The third-order valence-electron chi connectivity index (χ3n) is 5.46. The Morgan fingerprint density at radius 1 is 1.06 bits per heavy atom. The van der Waals surface area contributed by atoms with Crippen LogP contribution in [0.3, 0.4) is 0 Å². The molecule has 0 aliphatic heterocycles. The summed E-state index contributed by atoms with van der Waals surface area (Å²) >= 11 is 0. The summed E-state index contributed by atoms with van der Waals surface area (Å²) in [7, 11) is 2.94. The van der Waals surface area contributed by atoms with Gasteiger partial charge in [0.05, 0.1) is 31.2 Å². The number of rotatable bonds is 6. The number of nitrogens with zero attached hydrogens (tertiary/aromatic N) is 2. The van der Waals surface area contributed by atoms with Crippen LogP contribution in [0.15, 0.2) is 36.4 Å². The van der Waals surface area contributed by atoms with Crippen LogP contribution in [-0.2, 0) is 12.8 Å². The van der Waals surface area contributed by atoms with Crippen LogP contribution in [0.4, 0.5) is 5.69 Å². The van der Waals surface area contributed by atoms with Crippen LogP contribution in [0.5, 0.6) is 11.5 Å². The molecule has 0 saturated heterocycles. The van der Waals surface area contributed by atoms with Crippen molar-refractivity contribution in [2.45, 2.75) is 26.2 Å². The highest BCUT2D eigenvalue weighted by molar-refractivity contribution is 6.09. The molecule has 160 valence electrons. The third kappa shape index (κ3) is 3.72. The molecule has 3 N–H and O–H groups in total. The van der Waals surface area contributed by atoms with Crippen LogP contribution in [0.25, 0.3) is 5.69 Å². The first-order valence-electron chi connectivity index (χ1n) is 9.98. The zero-order valence-electron chi connectivity index (χ0n) is 17.7. The van der Waals surface area contributed by atoms with E-state index in [-0.39, 0.29) is 11.3 Å². The van der Waals surface area contributed by atoms with Crippen LogP contribution in [-0.4, -0.2) is 35.8 Å². The van der Waals surface area contributed by atoms with Crippen molar-refractivity contribution in [2.24, 2.45) is 5.73 Å². The Morgan fingerprint density at radius 3 is 2.39 bits per heavy atom. The number of aryl methyl sites for hydroxylation is 1. The van der Waals surface area contributed by atoms with Crippen molar-refractivity contribution >= 4 is 17.5 Å². The zero-order valence-corrected chi connectivity index (χ0v) is 17.7. The summed E-state index contributed by atoms with van der Waals surface area (Å²) in [6.45, 7) is 2.02. The quantitative estimate of drug-likeness (QED) is 0.637. The number of ether oxygens (including phenoxy) is 2. The van der Waals surface area contributed by atoms with E-state index in [0.717, 1.165) is 41.8 Å². The van der Waals surface area contributed by atoms with E-state index in [1.54, 1.807) is 0 Å². The van der Waals surface area contributed by atoms with Crippen LogP contribution >= 0.6 is 0 Å². The Balaban J connectivity index is 1.73. The molecule has 2 amide bonds. The predicted molar refractivity (Wildman–Crippen MR) is 116 cm³/mol. The molecule has 1 aliphatic rings. The smallest absolute Gasteiger partial charge is 0.276 e. The number of benzene rings is 2. The Labute approximate surface area is 180 Å². The number of fused-ring (bicyclic) bond motifs is 1. The van der Waals surface area contributed by atoms with Crippen molar-refractivity contribution < 1.29 is 19.1 Å². The van der Waals surface area contributed by atoms with Gasteiger partial charge in [0.2, 0.25) is 0 Å². The number of primary amides is 1. The topological polar surface area (TPSA) is 108 Å². The number of nitrogens with two attached hydrogens (primary N) is 1. The van der Waals surface area contributed by atoms with Gasteiger partial charge in [-0.15, -0.1) is 0 Å². The molecule has 4 rings (SSSR count). The molecular formula is C23H24N4O4. The fraction of sp³-hybridized carbons (Fsp3) is 0.261. The largest absolute Gasteiger partial charge is 0.493 e. The van der Waals surface area contributed by atoms with Gasteiger partial charge >= 0.3 is 0 Å². The zero-order chi connectivity index (χ0) is 22.1. The van der Waals surface area contributed by atoms with Gasteiger partial charge in [-0.05, 0) is 44.4 Å². The first kappa shape index (κ1) is 20.5. The minimum Gasteiger partial charge on any atom is -0.493 e. The lowest BCUT2D eigenvalue weighted by atomic mass is 10.1. The average Bonchev–Trinajstić information content (AvgIpc) is 3.36. The maximum Gasteiger partial charge on any atom is 0.276 e. The van der Waals surface area contributed by atoms with Gasteiger partial charge in [0.25, 0.3) is 11.8 Å². The van der Waals surface area contributed by atoms with Crippen molar-refractivity contribution in [3.8, 4) is 17.2 Å². The summed E-state index contributed by atoms with van der Waals surface area (Å²) in [6.07, 6.45) is 2.59. The van der Waals surface area contributed by atoms with Crippen molar-refractivity contribution in [1.29, 1.82) is 0 Å². The van der Waals surface area contributed by atoms with Crippen LogP contribution in [0.1, 0.15) is 44.1 Å². The third-order valence-corrected chi connectivity index (χ3v) is 5.46. The second kappa shape index (κ2) is 8.14. The van der Waals surface area contributed by atoms with Crippen LogP contribution in [0.2, 0.25) is 0 Å². The number of carbonyl (C=O) groups is 2. The van der Waals surface area contributed by atoms with E-state index in [9.17, 15) is 9.59 Å². The molecule has 8 nitrogen and oxygen atoms in total. The van der Waals surface area contributed by atoms with Gasteiger partial charge in [-0.2, -0.15) is 5.10 Å². The summed E-state index contributed by atoms with van der Waals surface area (Å²) in [5, 5.41) is 7.40. The van der Waals surface area contributed by atoms with Gasteiger partial charge in [-0.1, -0.05) is 17.7 Å². The van der Waals surface area contributed by atoms with Gasteiger partial charge in [-0.3, -0.25) is 9.59 Å². The average molecular weight is 420 g/mol. The van der Waals surface area contributed by atoms with Crippen molar-refractivity contribution in [3.05, 3.63) is 64.5 Å². The van der Waals surface area contributed by atoms with Gasteiger partial charge in [0, 0.05) is 17.3 Å². The molecule has 0 radical (unpaired) electrons. The predicted octanol–water partition coefficient (Wildman–Crippen LogP) is 3.04. The number of carbonyl (C=O) groups excluding carboxylic acids is 2. The summed E-state index contributed by atoms with van der Waals surface area (Å²) in [5.74, 6) is -0.373. The molecule has 0 spiro atoms. The summed E-state index contributed by atoms with van der Waals surface area (Å²) in [4.78, 5) is 25.2. The van der Waals surface area contributed by atoms with Gasteiger partial charge in [0.15, 0.2) is 17.2 Å². The first-order chi connectivity index (χ1) is 14.9. The van der Waals surface area contributed by atoms with E-state index >= 15 is 0 Å². The van der Waals surface area contributed by atoms with Crippen molar-refractivity contribution in [2.75, 3.05) is 19.5 Å². The minimum atomic E-state index is -0.688. The number of hydrogen-bond donors (Lipinski definition) is 2. The molecular weight excluding hydrogens is 396 g/mol. The molecule has 1 heterocycles. The molecule has 3 aromatic rings. The van der Waals surface area contributed by atoms with Crippen molar-refractivity contribution in [1.82, 2.24) is 9.78 Å². The molecule has 0 atom stereocenters. The number of hydrogen-bond acceptors (Lipinski definition) is 5. The SMILES string of the molecule is COc1cc(NC(=O)c2nn(-c3ccc(C)cc3)c3c2CCC3)c(C(N)=O)cc1OC. The second-order valence-corrected chi connectivity index (χ2v) is 7.45. The number of aromatic nitrogens is 2. The van der Waals surface area contributed by atoms with E-state index in [4.69, 9.17) is 15.2 Å². The molecule has 0 bridgehead atoms. The van der Waals surface area contributed by atoms with E-state index < -0.39 is 11.8 Å². The molecule has 0 saturated carbocycles. The summed E-state index contributed by atoms with van der Waals surface area (Å²) < 4.78 is 12.4. The van der Waals surface area contributed by atoms with Gasteiger partial charge < -0.3 is 20.5 Å². The number of anilines is 1. The Kier molecular flexibility index (Phi) is 5.37. The van der Waals surface area contributed by atoms with E-state index in [2.05, 4.69) is 10.4 Å². The number of methoxy groups -OCH3 is 2. The molecule has 0 fully saturated rings. The molecule has 1 aliphatic carbocycles. The first-order valence-corrected chi connectivity index (χ1v) is 9.98. The second-order valence-electron chi connectivity index (χ2n) is 7.45. The maximum absolute atomic E-state index is 13.2. The van der Waals surface area contributed by atoms with Crippen LogP contribution in [0, 0.1) is 6.92 Å². The lowest BCUT2D eigenvalue weighted by molar-refractivity contribution is 0.100. The Morgan fingerprint density at radius 2 is 1.74 bits per heavy atom. The van der Waals surface area contributed by atoms with Crippen molar-refractivity contribution in [3.63, 3.8) is 0 Å². The van der Waals surface area contributed by atoms with E-state index in [0.29, 0.717) is 17.2 Å². The number of amides is 2. The highest BCUT2D eigenvalue weighted by Crippen LogP contribution is 2.34. The fourth-order valence-corrected chi connectivity index (χ4v) is 3.89. The number of nitrogens with one attached hydrogen (secondary N) is 1. The Bertz CT molecular complexity index is 1170. The lowest BCUT2D eigenvalue weighted by Gasteiger charge is -2.14. The monoisotopic (exact) mass is 420 g/mol. The molecule has 8 heteroatoms.